The number of nitriles is 1. The van der Waals surface area contributed by atoms with Crippen LogP contribution in [-0.4, -0.2) is 13.5 Å². The van der Waals surface area contributed by atoms with Gasteiger partial charge in [0, 0.05) is 6.07 Å². The summed E-state index contributed by atoms with van der Waals surface area (Å²) in [6.45, 7) is 1.71. The first-order valence-corrected chi connectivity index (χ1v) is 7.24. The molecule has 102 valence electrons. The second-order valence-electron chi connectivity index (χ2n) is 4.21. The Balaban J connectivity index is 2.41. The molecule has 0 aliphatic rings. The highest BCUT2D eigenvalue weighted by Gasteiger charge is 2.18. The van der Waals surface area contributed by atoms with E-state index < -0.39 is 10.0 Å². The molecule has 0 atom stereocenters. The van der Waals surface area contributed by atoms with Crippen LogP contribution in [0.5, 0.6) is 5.75 Å². The Kier molecular flexibility index (Phi) is 3.63. The summed E-state index contributed by atoms with van der Waals surface area (Å²) in [5.74, 6) is -0.00114. The molecule has 2 rings (SSSR count). The first kappa shape index (κ1) is 13.9. The Morgan fingerprint density at radius 3 is 2.55 bits per heavy atom. The van der Waals surface area contributed by atoms with E-state index in [0.717, 1.165) is 0 Å². The highest BCUT2D eigenvalue weighted by atomic mass is 32.2. The molecule has 0 spiro atoms. The summed E-state index contributed by atoms with van der Waals surface area (Å²) < 4.78 is 26.8. The number of anilines is 1. The molecule has 2 N–H and O–H groups in total. The SMILES string of the molecule is Cc1ccc(NS(=O)(=O)c2ccccc2C#N)cc1O. The maximum Gasteiger partial charge on any atom is 0.263 e. The molecule has 0 saturated carbocycles. The van der Waals surface area contributed by atoms with Crippen LogP contribution in [-0.2, 0) is 10.0 Å². The van der Waals surface area contributed by atoms with Gasteiger partial charge in [-0.2, -0.15) is 5.26 Å². The predicted molar refractivity (Wildman–Crippen MR) is 74.8 cm³/mol. The number of nitrogens with one attached hydrogen (secondary N) is 1. The highest BCUT2D eigenvalue weighted by molar-refractivity contribution is 7.92. The molecular formula is C14H12N2O3S. The number of phenolic OH excluding ortho intramolecular Hbond substituents is 1. The van der Waals surface area contributed by atoms with Gasteiger partial charge >= 0.3 is 0 Å². The number of benzene rings is 2. The van der Waals surface area contributed by atoms with Crippen molar-refractivity contribution in [1.82, 2.24) is 0 Å². The molecule has 0 radical (unpaired) electrons. The maximum absolute atomic E-state index is 12.2. The molecule has 0 amide bonds. The zero-order valence-corrected chi connectivity index (χ0v) is 11.5. The van der Waals surface area contributed by atoms with Crippen molar-refractivity contribution in [2.75, 3.05) is 4.72 Å². The third-order valence-corrected chi connectivity index (χ3v) is 4.20. The molecular weight excluding hydrogens is 276 g/mol. The smallest absolute Gasteiger partial charge is 0.263 e. The second kappa shape index (κ2) is 5.23. The van der Waals surface area contributed by atoms with Crippen LogP contribution in [0.4, 0.5) is 5.69 Å². The molecule has 0 bridgehead atoms. The van der Waals surface area contributed by atoms with Gasteiger partial charge < -0.3 is 5.11 Å². The zero-order chi connectivity index (χ0) is 14.8. The minimum absolute atomic E-state index is 0.00114. The summed E-state index contributed by atoms with van der Waals surface area (Å²) >= 11 is 0. The van der Waals surface area contributed by atoms with Gasteiger partial charge in [0.2, 0.25) is 0 Å². The number of hydrogen-bond donors (Lipinski definition) is 2. The lowest BCUT2D eigenvalue weighted by Crippen LogP contribution is -2.14. The van der Waals surface area contributed by atoms with Crippen molar-refractivity contribution in [1.29, 1.82) is 5.26 Å². The van der Waals surface area contributed by atoms with E-state index in [4.69, 9.17) is 5.26 Å². The minimum Gasteiger partial charge on any atom is -0.508 e. The lowest BCUT2D eigenvalue weighted by molar-refractivity contribution is 0.471. The standard InChI is InChI=1S/C14H12N2O3S/c1-10-6-7-12(8-13(10)17)16-20(18,19)14-5-3-2-4-11(14)9-15/h2-8,16-17H,1H3. The summed E-state index contributed by atoms with van der Waals surface area (Å²) in [5.41, 5.74) is 0.947. The van der Waals surface area contributed by atoms with E-state index in [1.807, 2.05) is 6.07 Å². The Morgan fingerprint density at radius 2 is 1.90 bits per heavy atom. The van der Waals surface area contributed by atoms with Crippen molar-refractivity contribution in [3.63, 3.8) is 0 Å². The van der Waals surface area contributed by atoms with E-state index in [2.05, 4.69) is 4.72 Å². The fourth-order valence-electron chi connectivity index (χ4n) is 1.68. The molecule has 2 aromatic rings. The van der Waals surface area contributed by atoms with Crippen molar-refractivity contribution in [3.05, 3.63) is 53.6 Å². The third-order valence-electron chi connectivity index (χ3n) is 2.76. The van der Waals surface area contributed by atoms with Crippen LogP contribution in [0.1, 0.15) is 11.1 Å². The van der Waals surface area contributed by atoms with Crippen LogP contribution in [0.25, 0.3) is 0 Å². The maximum atomic E-state index is 12.2. The predicted octanol–water partition coefficient (Wildman–Crippen LogP) is 2.37. The molecule has 0 unspecified atom stereocenters. The Bertz CT molecular complexity index is 792. The molecule has 2 aromatic carbocycles. The molecule has 6 heteroatoms. The molecule has 0 fully saturated rings. The van der Waals surface area contributed by atoms with Crippen LogP contribution in [0.15, 0.2) is 47.4 Å². The lowest BCUT2D eigenvalue weighted by atomic mass is 10.2. The topological polar surface area (TPSA) is 90.2 Å². The molecule has 0 aliphatic heterocycles. The first-order valence-electron chi connectivity index (χ1n) is 5.75. The fraction of sp³-hybridized carbons (Fsp3) is 0.0714. The van der Waals surface area contributed by atoms with Gasteiger partial charge in [-0.1, -0.05) is 18.2 Å². The van der Waals surface area contributed by atoms with Crippen LogP contribution in [0, 0.1) is 18.3 Å². The lowest BCUT2D eigenvalue weighted by Gasteiger charge is -2.10. The van der Waals surface area contributed by atoms with Gasteiger partial charge in [-0.05, 0) is 30.7 Å². The molecule has 5 nitrogen and oxygen atoms in total. The van der Waals surface area contributed by atoms with E-state index in [0.29, 0.717) is 5.56 Å². The zero-order valence-electron chi connectivity index (χ0n) is 10.7. The van der Waals surface area contributed by atoms with E-state index in [9.17, 15) is 13.5 Å². The van der Waals surface area contributed by atoms with Crippen LogP contribution >= 0.6 is 0 Å². The van der Waals surface area contributed by atoms with Crippen LogP contribution in [0.3, 0.4) is 0 Å². The average molecular weight is 288 g/mol. The quantitative estimate of drug-likeness (QED) is 0.907. The first-order chi connectivity index (χ1) is 9.44. The number of hydrogen-bond acceptors (Lipinski definition) is 4. The molecule has 0 aromatic heterocycles. The van der Waals surface area contributed by atoms with Crippen LogP contribution in [0.2, 0.25) is 0 Å². The van der Waals surface area contributed by atoms with Gasteiger partial charge in [0.05, 0.1) is 11.3 Å². The Labute approximate surface area is 117 Å². The normalized spacial score (nSPS) is 10.8. The van der Waals surface area contributed by atoms with E-state index in [1.165, 1.54) is 18.2 Å². The van der Waals surface area contributed by atoms with E-state index >= 15 is 0 Å². The summed E-state index contributed by atoms with van der Waals surface area (Å²) in [5, 5.41) is 18.5. The summed E-state index contributed by atoms with van der Waals surface area (Å²) in [4.78, 5) is -0.0948. The molecule has 0 aliphatic carbocycles. The van der Waals surface area contributed by atoms with Crippen molar-refractivity contribution in [3.8, 4) is 11.8 Å². The third kappa shape index (κ3) is 2.73. The summed E-state index contributed by atoms with van der Waals surface area (Å²) in [7, 11) is -3.87. The minimum atomic E-state index is -3.87. The van der Waals surface area contributed by atoms with Gasteiger partial charge in [0.25, 0.3) is 10.0 Å². The highest BCUT2D eigenvalue weighted by Crippen LogP contribution is 2.24. The Morgan fingerprint density at radius 1 is 1.20 bits per heavy atom. The van der Waals surface area contributed by atoms with Crippen molar-refractivity contribution in [2.24, 2.45) is 0 Å². The van der Waals surface area contributed by atoms with Crippen molar-refractivity contribution < 1.29 is 13.5 Å². The molecule has 0 saturated heterocycles. The van der Waals surface area contributed by atoms with E-state index in [-0.39, 0.29) is 21.9 Å². The summed E-state index contributed by atoms with van der Waals surface area (Å²) in [6, 6.07) is 12.2. The number of aryl methyl sites for hydroxylation is 1. The largest absolute Gasteiger partial charge is 0.508 e. The van der Waals surface area contributed by atoms with E-state index in [1.54, 1.807) is 31.2 Å². The second-order valence-corrected chi connectivity index (χ2v) is 5.87. The van der Waals surface area contributed by atoms with Gasteiger partial charge in [-0.25, -0.2) is 8.42 Å². The van der Waals surface area contributed by atoms with Crippen molar-refractivity contribution >= 4 is 15.7 Å². The van der Waals surface area contributed by atoms with Gasteiger partial charge in [-0.3, -0.25) is 4.72 Å². The van der Waals surface area contributed by atoms with Gasteiger partial charge in [0.15, 0.2) is 0 Å². The van der Waals surface area contributed by atoms with Crippen LogP contribution < -0.4 is 4.72 Å². The van der Waals surface area contributed by atoms with Gasteiger partial charge in [-0.15, -0.1) is 0 Å². The number of aromatic hydroxyl groups is 1. The molecule has 20 heavy (non-hydrogen) atoms. The Hall–Kier alpha value is -2.52. The average Bonchev–Trinajstić information content (AvgIpc) is 2.42. The molecule has 0 heterocycles. The van der Waals surface area contributed by atoms with Crippen molar-refractivity contribution in [2.45, 2.75) is 11.8 Å². The number of phenols is 1. The summed E-state index contributed by atoms with van der Waals surface area (Å²) in [6.07, 6.45) is 0. The number of nitrogens with zero attached hydrogens (tertiary/aromatic N) is 1. The fourth-order valence-corrected chi connectivity index (χ4v) is 2.88. The number of sulfonamides is 1. The number of rotatable bonds is 3. The van der Waals surface area contributed by atoms with Gasteiger partial charge in [0.1, 0.15) is 16.7 Å². The monoisotopic (exact) mass is 288 g/mol.